The Bertz CT molecular complexity index is 837. The zero-order valence-corrected chi connectivity index (χ0v) is 13.5. The van der Waals surface area contributed by atoms with Gasteiger partial charge in [-0.3, -0.25) is 4.79 Å². The molecule has 3 N–H and O–H groups in total. The van der Waals surface area contributed by atoms with Crippen LogP contribution in [0, 0.1) is 11.6 Å². The maximum Gasteiger partial charge on any atom is 0.257 e. The molecule has 25 heavy (non-hydrogen) atoms. The van der Waals surface area contributed by atoms with Gasteiger partial charge >= 0.3 is 0 Å². The van der Waals surface area contributed by atoms with E-state index in [1.165, 1.54) is 24.4 Å². The summed E-state index contributed by atoms with van der Waals surface area (Å²) in [5, 5.41) is 8.34. The van der Waals surface area contributed by atoms with Gasteiger partial charge in [-0.1, -0.05) is 6.07 Å². The van der Waals surface area contributed by atoms with Crippen molar-refractivity contribution >= 4 is 28.5 Å². The van der Waals surface area contributed by atoms with Crippen molar-refractivity contribution in [1.29, 1.82) is 0 Å². The third-order valence-electron chi connectivity index (χ3n) is 3.75. The van der Waals surface area contributed by atoms with Crippen LogP contribution in [0.2, 0.25) is 0 Å². The Balaban J connectivity index is 1.77. The summed E-state index contributed by atoms with van der Waals surface area (Å²) in [6.07, 6.45) is 1.37. The molecule has 0 unspecified atom stereocenters. The highest BCUT2D eigenvalue weighted by molar-refractivity contribution is 6.31. The van der Waals surface area contributed by atoms with E-state index in [0.717, 1.165) is 0 Å². The molecule has 2 aromatic rings. The van der Waals surface area contributed by atoms with Gasteiger partial charge in [0.25, 0.3) is 5.91 Å². The summed E-state index contributed by atoms with van der Waals surface area (Å²) in [7, 11) is 1.57. The van der Waals surface area contributed by atoms with Crippen molar-refractivity contribution in [2.24, 2.45) is 0 Å². The van der Waals surface area contributed by atoms with Crippen LogP contribution in [-0.2, 0) is 9.53 Å². The average molecular weight is 345 g/mol. The van der Waals surface area contributed by atoms with Gasteiger partial charge in [0.05, 0.1) is 23.6 Å². The molecule has 0 bridgehead atoms. The number of carbonyl (C=O) groups is 1. The number of rotatable bonds is 6. The molecule has 1 heterocycles. The van der Waals surface area contributed by atoms with E-state index in [2.05, 4.69) is 16.0 Å². The Morgan fingerprint density at radius 2 is 2.04 bits per heavy atom. The topological polar surface area (TPSA) is 62.4 Å². The van der Waals surface area contributed by atoms with E-state index in [0.29, 0.717) is 30.2 Å². The van der Waals surface area contributed by atoms with Crippen LogP contribution >= 0.6 is 0 Å². The molecule has 0 atom stereocenters. The lowest BCUT2D eigenvalue weighted by Crippen LogP contribution is -2.09. The number of amides is 1. The lowest BCUT2D eigenvalue weighted by molar-refractivity contribution is -0.110. The Labute approximate surface area is 143 Å². The fourth-order valence-corrected chi connectivity index (χ4v) is 2.53. The van der Waals surface area contributed by atoms with Gasteiger partial charge in [-0.15, -0.1) is 0 Å². The molecule has 0 aliphatic carbocycles. The van der Waals surface area contributed by atoms with Gasteiger partial charge in [0.15, 0.2) is 0 Å². The van der Waals surface area contributed by atoms with E-state index < -0.39 is 17.5 Å². The van der Waals surface area contributed by atoms with Crippen LogP contribution in [0.5, 0.6) is 0 Å². The molecule has 3 rings (SSSR count). The van der Waals surface area contributed by atoms with Gasteiger partial charge in [0, 0.05) is 31.1 Å². The van der Waals surface area contributed by atoms with Crippen molar-refractivity contribution in [3.05, 3.63) is 59.8 Å². The molecular weight excluding hydrogens is 328 g/mol. The first-order chi connectivity index (χ1) is 12.1. The minimum atomic E-state index is -0.493. The molecule has 7 heteroatoms. The lowest BCUT2D eigenvalue weighted by Gasteiger charge is -2.09. The van der Waals surface area contributed by atoms with Crippen LogP contribution in [-0.4, -0.2) is 26.2 Å². The van der Waals surface area contributed by atoms with E-state index in [1.54, 1.807) is 25.3 Å². The van der Waals surface area contributed by atoms with Crippen molar-refractivity contribution in [3.8, 4) is 0 Å². The zero-order chi connectivity index (χ0) is 17.8. The summed E-state index contributed by atoms with van der Waals surface area (Å²) in [5.41, 5.74) is 1.58. The summed E-state index contributed by atoms with van der Waals surface area (Å²) < 4.78 is 32.9. The second-order valence-corrected chi connectivity index (χ2v) is 5.43. The van der Waals surface area contributed by atoms with Crippen LogP contribution in [0.1, 0.15) is 5.56 Å². The Morgan fingerprint density at radius 1 is 1.20 bits per heavy atom. The number of hydrogen-bond donors (Lipinski definition) is 3. The number of fused-ring (bicyclic) bond motifs is 1. The van der Waals surface area contributed by atoms with Crippen molar-refractivity contribution in [1.82, 2.24) is 0 Å². The summed E-state index contributed by atoms with van der Waals surface area (Å²) in [4.78, 5) is 12.0. The Kier molecular flexibility index (Phi) is 4.95. The standard InChI is InChI=1S/C18H17F2N3O2/c1-25-8-7-21-15-6-5-11(9-14(15)20)22-10-12-17-13(19)3-2-4-16(17)23-18(12)24/h2-6,9-10,21-22H,7-8H2,1H3,(H,23,24)/b12-10+. The van der Waals surface area contributed by atoms with E-state index in [-0.39, 0.29) is 11.1 Å². The smallest absolute Gasteiger partial charge is 0.257 e. The minimum absolute atomic E-state index is 0.163. The first-order valence-electron chi connectivity index (χ1n) is 7.69. The highest BCUT2D eigenvalue weighted by Gasteiger charge is 2.27. The molecule has 0 fully saturated rings. The van der Waals surface area contributed by atoms with Gasteiger partial charge in [-0.25, -0.2) is 8.78 Å². The highest BCUT2D eigenvalue weighted by Crippen LogP contribution is 2.33. The van der Waals surface area contributed by atoms with E-state index in [1.807, 2.05) is 0 Å². The number of benzene rings is 2. The minimum Gasteiger partial charge on any atom is -0.383 e. The molecular formula is C18H17F2N3O2. The van der Waals surface area contributed by atoms with E-state index >= 15 is 0 Å². The molecule has 2 aromatic carbocycles. The summed E-state index contributed by atoms with van der Waals surface area (Å²) in [6, 6.07) is 8.96. The maximum atomic E-state index is 14.1. The molecule has 130 valence electrons. The van der Waals surface area contributed by atoms with Crippen LogP contribution in [0.3, 0.4) is 0 Å². The molecule has 1 amide bonds. The van der Waals surface area contributed by atoms with Crippen molar-refractivity contribution in [2.45, 2.75) is 0 Å². The van der Waals surface area contributed by atoms with Gasteiger partial charge in [-0.05, 0) is 30.3 Å². The third-order valence-corrected chi connectivity index (χ3v) is 3.75. The fraction of sp³-hybridized carbons (Fsp3) is 0.167. The number of hydrogen-bond acceptors (Lipinski definition) is 4. The first-order valence-corrected chi connectivity index (χ1v) is 7.69. The predicted octanol–water partition coefficient (Wildman–Crippen LogP) is 3.43. The molecule has 0 saturated heterocycles. The number of methoxy groups -OCH3 is 1. The van der Waals surface area contributed by atoms with Crippen LogP contribution in [0.25, 0.3) is 5.57 Å². The predicted molar refractivity (Wildman–Crippen MR) is 93.4 cm³/mol. The summed E-state index contributed by atoms with van der Waals surface area (Å²) in [5.74, 6) is -1.35. The molecule has 0 spiro atoms. The Morgan fingerprint density at radius 3 is 2.80 bits per heavy atom. The highest BCUT2D eigenvalue weighted by atomic mass is 19.1. The van der Waals surface area contributed by atoms with Gasteiger partial charge < -0.3 is 20.7 Å². The van der Waals surface area contributed by atoms with E-state index in [4.69, 9.17) is 4.74 Å². The van der Waals surface area contributed by atoms with Crippen LogP contribution < -0.4 is 16.0 Å². The number of nitrogens with one attached hydrogen (secondary N) is 3. The molecule has 0 radical (unpaired) electrons. The number of halogens is 2. The second kappa shape index (κ2) is 7.31. The monoisotopic (exact) mass is 345 g/mol. The van der Waals surface area contributed by atoms with E-state index in [9.17, 15) is 13.6 Å². The van der Waals surface area contributed by atoms with Gasteiger partial charge in [-0.2, -0.15) is 0 Å². The van der Waals surface area contributed by atoms with Crippen molar-refractivity contribution < 1.29 is 18.3 Å². The quantitative estimate of drug-likeness (QED) is 0.554. The lowest BCUT2D eigenvalue weighted by atomic mass is 10.1. The average Bonchev–Trinajstić information content (AvgIpc) is 2.91. The summed E-state index contributed by atoms with van der Waals surface area (Å²) in [6.45, 7) is 0.950. The number of ether oxygens (including phenoxy) is 1. The molecule has 0 saturated carbocycles. The summed E-state index contributed by atoms with van der Waals surface area (Å²) >= 11 is 0. The first kappa shape index (κ1) is 16.9. The van der Waals surface area contributed by atoms with Crippen molar-refractivity contribution in [2.75, 3.05) is 36.2 Å². The molecule has 1 aliphatic heterocycles. The molecule has 0 aromatic heterocycles. The SMILES string of the molecule is COCCNc1ccc(N/C=C2/C(=O)Nc3cccc(F)c32)cc1F. The maximum absolute atomic E-state index is 14.1. The fourth-order valence-electron chi connectivity index (χ4n) is 2.53. The number of anilines is 3. The van der Waals surface area contributed by atoms with Gasteiger partial charge in [0.1, 0.15) is 11.6 Å². The third kappa shape index (κ3) is 3.61. The Hall–Kier alpha value is -2.93. The van der Waals surface area contributed by atoms with Gasteiger partial charge in [0.2, 0.25) is 0 Å². The second-order valence-electron chi connectivity index (χ2n) is 5.43. The van der Waals surface area contributed by atoms with Crippen LogP contribution in [0.4, 0.5) is 25.8 Å². The van der Waals surface area contributed by atoms with Crippen LogP contribution in [0.15, 0.2) is 42.6 Å². The normalized spacial score (nSPS) is 14.4. The molecule has 1 aliphatic rings. The number of carbonyl (C=O) groups excluding carboxylic acids is 1. The van der Waals surface area contributed by atoms with Crippen molar-refractivity contribution in [3.63, 3.8) is 0 Å². The largest absolute Gasteiger partial charge is 0.383 e. The molecule has 5 nitrogen and oxygen atoms in total. The zero-order valence-electron chi connectivity index (χ0n) is 13.5.